The van der Waals surface area contributed by atoms with Crippen molar-refractivity contribution in [2.75, 3.05) is 7.11 Å². The van der Waals surface area contributed by atoms with Crippen molar-refractivity contribution in [3.8, 4) is 17.1 Å². The molecule has 2 aromatic rings. The SMILES string of the molecule is COc1cc(C(F)(F)F)cc(Br)c1-c1cc(C(=O)O)no1. The van der Waals surface area contributed by atoms with Gasteiger partial charge in [-0.3, -0.25) is 0 Å². The number of methoxy groups -OCH3 is 1. The van der Waals surface area contributed by atoms with Gasteiger partial charge in [-0.1, -0.05) is 5.16 Å². The zero-order valence-corrected chi connectivity index (χ0v) is 11.9. The first-order chi connectivity index (χ1) is 9.74. The van der Waals surface area contributed by atoms with Crippen molar-refractivity contribution in [1.29, 1.82) is 0 Å². The maximum Gasteiger partial charge on any atom is 0.416 e. The van der Waals surface area contributed by atoms with E-state index in [4.69, 9.17) is 14.4 Å². The maximum absolute atomic E-state index is 12.7. The second kappa shape index (κ2) is 5.40. The number of hydrogen-bond acceptors (Lipinski definition) is 4. The van der Waals surface area contributed by atoms with Gasteiger partial charge in [-0.05, 0) is 28.1 Å². The van der Waals surface area contributed by atoms with Crippen LogP contribution in [0.2, 0.25) is 0 Å². The van der Waals surface area contributed by atoms with E-state index in [-0.39, 0.29) is 27.2 Å². The van der Waals surface area contributed by atoms with Crippen LogP contribution in [-0.2, 0) is 6.18 Å². The highest BCUT2D eigenvalue weighted by atomic mass is 79.9. The van der Waals surface area contributed by atoms with Crippen molar-refractivity contribution in [3.05, 3.63) is 33.9 Å². The summed E-state index contributed by atoms with van der Waals surface area (Å²) in [7, 11) is 1.19. The number of halogens is 4. The van der Waals surface area contributed by atoms with E-state index in [1.54, 1.807) is 0 Å². The van der Waals surface area contributed by atoms with Crippen LogP contribution in [0.15, 0.2) is 27.2 Å². The molecule has 112 valence electrons. The van der Waals surface area contributed by atoms with Crippen molar-refractivity contribution in [3.63, 3.8) is 0 Å². The minimum absolute atomic E-state index is 0.0233. The second-order valence-electron chi connectivity index (χ2n) is 3.91. The van der Waals surface area contributed by atoms with E-state index >= 15 is 0 Å². The normalized spacial score (nSPS) is 11.5. The quantitative estimate of drug-likeness (QED) is 0.894. The Bertz CT molecular complexity index is 696. The van der Waals surface area contributed by atoms with Crippen molar-refractivity contribution in [1.82, 2.24) is 5.16 Å². The summed E-state index contributed by atoms with van der Waals surface area (Å²) in [4.78, 5) is 10.8. The van der Waals surface area contributed by atoms with Gasteiger partial charge in [0.1, 0.15) is 5.75 Å². The van der Waals surface area contributed by atoms with Crippen LogP contribution in [0.4, 0.5) is 13.2 Å². The van der Waals surface area contributed by atoms with E-state index < -0.39 is 17.7 Å². The summed E-state index contributed by atoms with van der Waals surface area (Å²) in [5.41, 5.74) is -1.13. The average molecular weight is 366 g/mol. The van der Waals surface area contributed by atoms with Gasteiger partial charge in [0, 0.05) is 10.5 Å². The van der Waals surface area contributed by atoms with Crippen molar-refractivity contribution in [2.45, 2.75) is 6.18 Å². The smallest absolute Gasteiger partial charge is 0.416 e. The number of hydrogen-bond donors (Lipinski definition) is 1. The van der Waals surface area contributed by atoms with E-state index in [2.05, 4.69) is 21.1 Å². The first-order valence-electron chi connectivity index (χ1n) is 5.39. The van der Waals surface area contributed by atoms with Crippen LogP contribution in [0.5, 0.6) is 5.75 Å². The molecule has 0 fully saturated rings. The van der Waals surface area contributed by atoms with Gasteiger partial charge >= 0.3 is 12.1 Å². The Kier molecular flexibility index (Phi) is 3.95. The summed E-state index contributed by atoms with van der Waals surface area (Å²) in [6, 6.07) is 2.74. The highest BCUT2D eigenvalue weighted by molar-refractivity contribution is 9.10. The minimum atomic E-state index is -4.54. The van der Waals surface area contributed by atoms with Gasteiger partial charge in [-0.15, -0.1) is 0 Å². The molecule has 21 heavy (non-hydrogen) atoms. The number of carboxylic acid groups (broad SMARTS) is 1. The van der Waals surface area contributed by atoms with Crippen LogP contribution in [-0.4, -0.2) is 23.3 Å². The average Bonchev–Trinajstić information content (AvgIpc) is 2.85. The molecule has 0 bridgehead atoms. The molecular weight excluding hydrogens is 359 g/mol. The molecule has 0 radical (unpaired) electrons. The highest BCUT2D eigenvalue weighted by Crippen LogP contribution is 2.42. The number of nitrogens with zero attached hydrogens (tertiary/aromatic N) is 1. The molecule has 0 aliphatic carbocycles. The number of aromatic nitrogens is 1. The summed E-state index contributed by atoms with van der Waals surface area (Å²) in [5.74, 6) is -1.46. The van der Waals surface area contributed by atoms with Crippen LogP contribution < -0.4 is 4.74 Å². The lowest BCUT2D eigenvalue weighted by atomic mass is 10.1. The third kappa shape index (κ3) is 3.02. The molecule has 0 saturated heterocycles. The highest BCUT2D eigenvalue weighted by Gasteiger charge is 2.33. The number of carbonyl (C=O) groups is 1. The Labute approximate surface area is 124 Å². The van der Waals surface area contributed by atoms with Crippen LogP contribution in [0.3, 0.4) is 0 Å². The Morgan fingerprint density at radius 2 is 2.05 bits per heavy atom. The van der Waals surface area contributed by atoms with Gasteiger partial charge in [-0.2, -0.15) is 13.2 Å². The maximum atomic E-state index is 12.7. The number of ether oxygens (including phenoxy) is 1. The molecule has 1 heterocycles. The van der Waals surface area contributed by atoms with Gasteiger partial charge < -0.3 is 14.4 Å². The van der Waals surface area contributed by atoms with Crippen molar-refractivity contribution >= 4 is 21.9 Å². The minimum Gasteiger partial charge on any atom is -0.496 e. The molecule has 1 N–H and O–H groups in total. The molecule has 0 aliphatic rings. The van der Waals surface area contributed by atoms with Gasteiger partial charge in [0.2, 0.25) is 0 Å². The van der Waals surface area contributed by atoms with E-state index in [1.807, 2.05) is 0 Å². The molecule has 0 amide bonds. The number of carboxylic acids is 1. The van der Waals surface area contributed by atoms with E-state index in [9.17, 15) is 18.0 Å². The lowest BCUT2D eigenvalue weighted by Gasteiger charge is -2.13. The van der Waals surface area contributed by atoms with Crippen molar-refractivity contribution in [2.24, 2.45) is 0 Å². The molecule has 0 aliphatic heterocycles. The topological polar surface area (TPSA) is 72.6 Å². The summed E-state index contributed by atoms with van der Waals surface area (Å²) in [6.45, 7) is 0. The standard InChI is InChI=1S/C12H7BrF3NO4/c1-20-8-3-5(12(14,15)16)2-6(13)10(8)9-4-7(11(18)19)17-21-9/h2-4H,1H3,(H,18,19). The van der Waals surface area contributed by atoms with E-state index in [0.29, 0.717) is 0 Å². The summed E-state index contributed by atoms with van der Waals surface area (Å²) < 4.78 is 48.0. The molecule has 5 nitrogen and oxygen atoms in total. The summed E-state index contributed by atoms with van der Waals surface area (Å²) >= 11 is 3.00. The fourth-order valence-electron chi connectivity index (χ4n) is 1.64. The molecule has 1 aromatic heterocycles. The monoisotopic (exact) mass is 365 g/mol. The lowest BCUT2D eigenvalue weighted by molar-refractivity contribution is -0.137. The molecular formula is C12H7BrF3NO4. The third-order valence-electron chi connectivity index (χ3n) is 2.58. The summed E-state index contributed by atoms with van der Waals surface area (Å²) in [5, 5.41) is 12.1. The molecule has 0 saturated carbocycles. The Morgan fingerprint density at radius 1 is 1.38 bits per heavy atom. The lowest BCUT2D eigenvalue weighted by Crippen LogP contribution is -2.06. The van der Waals surface area contributed by atoms with Crippen LogP contribution >= 0.6 is 15.9 Å². The molecule has 9 heteroatoms. The number of benzene rings is 1. The Hall–Kier alpha value is -2.03. The van der Waals surface area contributed by atoms with E-state index in [1.165, 1.54) is 7.11 Å². The Balaban J connectivity index is 2.60. The van der Waals surface area contributed by atoms with Crippen LogP contribution in [0.25, 0.3) is 11.3 Å². The largest absolute Gasteiger partial charge is 0.496 e. The first kappa shape index (κ1) is 15.4. The number of rotatable bonds is 3. The molecule has 2 rings (SSSR count). The Morgan fingerprint density at radius 3 is 2.52 bits per heavy atom. The number of alkyl halides is 3. The van der Waals surface area contributed by atoms with Crippen molar-refractivity contribution < 1.29 is 32.3 Å². The molecule has 0 unspecified atom stereocenters. The van der Waals surface area contributed by atoms with Gasteiger partial charge in [0.05, 0.1) is 18.2 Å². The number of aromatic carboxylic acids is 1. The zero-order valence-electron chi connectivity index (χ0n) is 10.4. The predicted octanol–water partition coefficient (Wildman–Crippen LogP) is 3.83. The van der Waals surface area contributed by atoms with Gasteiger partial charge in [0.25, 0.3) is 0 Å². The van der Waals surface area contributed by atoms with Crippen LogP contribution in [0, 0.1) is 0 Å². The zero-order chi connectivity index (χ0) is 15.8. The third-order valence-corrected chi connectivity index (χ3v) is 3.20. The molecule has 0 atom stereocenters. The van der Waals surface area contributed by atoms with Gasteiger partial charge in [-0.25, -0.2) is 4.79 Å². The molecule has 1 aromatic carbocycles. The molecule has 0 spiro atoms. The second-order valence-corrected chi connectivity index (χ2v) is 4.77. The van der Waals surface area contributed by atoms with Crippen LogP contribution in [0.1, 0.15) is 16.1 Å². The fraction of sp³-hybridized carbons (Fsp3) is 0.167. The predicted molar refractivity (Wildman–Crippen MR) is 68.2 cm³/mol. The summed E-state index contributed by atoms with van der Waals surface area (Å²) in [6.07, 6.45) is -4.54. The van der Waals surface area contributed by atoms with Gasteiger partial charge in [0.15, 0.2) is 11.5 Å². The van der Waals surface area contributed by atoms with E-state index in [0.717, 1.165) is 18.2 Å². The first-order valence-corrected chi connectivity index (χ1v) is 6.18. The fourth-order valence-corrected chi connectivity index (χ4v) is 2.28.